The van der Waals surface area contributed by atoms with Crippen LogP contribution in [-0.2, 0) is 4.74 Å². The van der Waals surface area contributed by atoms with E-state index in [2.05, 4.69) is 9.97 Å². The third-order valence-corrected chi connectivity index (χ3v) is 2.27. The van der Waals surface area contributed by atoms with Crippen molar-refractivity contribution in [2.45, 2.75) is 0 Å². The number of nitrogen functional groups attached to an aromatic ring is 1. The summed E-state index contributed by atoms with van der Waals surface area (Å²) in [4.78, 5) is 7.98. The Labute approximate surface area is 111 Å². The van der Waals surface area contributed by atoms with Crippen LogP contribution in [-0.4, -0.2) is 30.3 Å². The van der Waals surface area contributed by atoms with E-state index in [0.29, 0.717) is 36.3 Å². The third kappa shape index (κ3) is 3.82. The van der Waals surface area contributed by atoms with Crippen LogP contribution in [0.4, 0.5) is 5.82 Å². The van der Waals surface area contributed by atoms with E-state index in [1.165, 1.54) is 6.20 Å². The Morgan fingerprint density at radius 2 is 2.11 bits per heavy atom. The van der Waals surface area contributed by atoms with Gasteiger partial charge in [-0.05, 0) is 12.1 Å². The van der Waals surface area contributed by atoms with Gasteiger partial charge in [0.25, 0.3) is 0 Å². The molecule has 0 spiro atoms. The average molecular weight is 261 g/mol. The van der Waals surface area contributed by atoms with E-state index < -0.39 is 0 Å². The molecule has 0 radical (unpaired) electrons. The Morgan fingerprint density at radius 3 is 2.84 bits per heavy atom. The Bertz CT molecular complexity index is 520. The molecule has 0 unspecified atom stereocenters. The van der Waals surface area contributed by atoms with Crippen molar-refractivity contribution in [3.05, 3.63) is 36.8 Å². The first-order valence-corrected chi connectivity index (χ1v) is 5.74. The zero-order valence-corrected chi connectivity index (χ0v) is 10.6. The van der Waals surface area contributed by atoms with Crippen molar-refractivity contribution in [1.82, 2.24) is 9.97 Å². The maximum atomic E-state index is 5.72. The summed E-state index contributed by atoms with van der Waals surface area (Å²) in [5.74, 6) is 1.94. The second-order valence-corrected chi connectivity index (χ2v) is 3.69. The normalized spacial score (nSPS) is 10.2. The zero-order valence-electron chi connectivity index (χ0n) is 10.6. The molecule has 100 valence electrons. The zero-order chi connectivity index (χ0) is 13.5. The van der Waals surface area contributed by atoms with Gasteiger partial charge >= 0.3 is 0 Å². The summed E-state index contributed by atoms with van der Waals surface area (Å²) < 4.78 is 15.9. The first kappa shape index (κ1) is 13.1. The van der Waals surface area contributed by atoms with Gasteiger partial charge in [0.1, 0.15) is 18.1 Å². The van der Waals surface area contributed by atoms with Crippen LogP contribution in [0.25, 0.3) is 0 Å². The van der Waals surface area contributed by atoms with Crippen LogP contribution >= 0.6 is 0 Å². The highest BCUT2D eigenvalue weighted by molar-refractivity contribution is 5.49. The SMILES string of the molecule is COCCOc1cc(Oc2cccnc2)cnc1N. The molecule has 2 aromatic heterocycles. The summed E-state index contributed by atoms with van der Waals surface area (Å²) in [7, 11) is 1.60. The number of rotatable bonds is 6. The van der Waals surface area contributed by atoms with Crippen molar-refractivity contribution in [2.75, 3.05) is 26.1 Å². The van der Waals surface area contributed by atoms with Gasteiger partial charge in [-0.15, -0.1) is 0 Å². The predicted octanol–water partition coefficient (Wildman–Crippen LogP) is 1.88. The van der Waals surface area contributed by atoms with E-state index in [4.69, 9.17) is 19.9 Å². The minimum Gasteiger partial charge on any atom is -0.487 e. The number of hydrogen-bond acceptors (Lipinski definition) is 6. The molecule has 6 nitrogen and oxygen atoms in total. The molecule has 19 heavy (non-hydrogen) atoms. The molecule has 0 aromatic carbocycles. The average Bonchev–Trinajstić information content (AvgIpc) is 2.44. The monoisotopic (exact) mass is 261 g/mol. The largest absolute Gasteiger partial charge is 0.487 e. The Balaban J connectivity index is 2.07. The lowest BCUT2D eigenvalue weighted by Gasteiger charge is -2.10. The molecule has 0 saturated heterocycles. The van der Waals surface area contributed by atoms with Crippen LogP contribution in [0.15, 0.2) is 36.8 Å². The number of nitrogens with zero attached hydrogens (tertiary/aromatic N) is 2. The van der Waals surface area contributed by atoms with E-state index in [1.807, 2.05) is 0 Å². The molecule has 0 saturated carbocycles. The molecule has 0 fully saturated rings. The van der Waals surface area contributed by atoms with Crippen molar-refractivity contribution in [3.63, 3.8) is 0 Å². The maximum Gasteiger partial charge on any atom is 0.166 e. The molecule has 0 aliphatic carbocycles. The fraction of sp³-hybridized carbons (Fsp3) is 0.231. The summed E-state index contributed by atoms with van der Waals surface area (Å²) in [5, 5.41) is 0. The number of ether oxygens (including phenoxy) is 3. The first-order chi connectivity index (χ1) is 9.29. The lowest BCUT2D eigenvalue weighted by molar-refractivity contribution is 0.146. The second kappa shape index (κ2) is 6.55. The summed E-state index contributed by atoms with van der Waals surface area (Å²) in [5.41, 5.74) is 5.72. The maximum absolute atomic E-state index is 5.72. The molecule has 2 aromatic rings. The number of methoxy groups -OCH3 is 1. The van der Waals surface area contributed by atoms with E-state index in [1.54, 1.807) is 37.7 Å². The van der Waals surface area contributed by atoms with E-state index in [9.17, 15) is 0 Å². The number of nitrogens with two attached hydrogens (primary N) is 1. The molecule has 2 heterocycles. The van der Waals surface area contributed by atoms with Crippen molar-refractivity contribution >= 4 is 5.82 Å². The summed E-state index contributed by atoms with van der Waals surface area (Å²) in [6.45, 7) is 0.881. The van der Waals surface area contributed by atoms with E-state index in [-0.39, 0.29) is 0 Å². The number of anilines is 1. The number of aromatic nitrogens is 2. The van der Waals surface area contributed by atoms with Gasteiger partial charge in [-0.3, -0.25) is 4.98 Å². The fourth-order valence-corrected chi connectivity index (χ4v) is 1.39. The van der Waals surface area contributed by atoms with Gasteiger partial charge < -0.3 is 19.9 Å². The molecular formula is C13H15N3O3. The van der Waals surface area contributed by atoms with E-state index in [0.717, 1.165) is 0 Å². The van der Waals surface area contributed by atoms with Crippen LogP contribution in [0, 0.1) is 0 Å². The van der Waals surface area contributed by atoms with Crippen LogP contribution in [0.1, 0.15) is 0 Å². The van der Waals surface area contributed by atoms with Gasteiger partial charge in [-0.25, -0.2) is 4.98 Å². The summed E-state index contributed by atoms with van der Waals surface area (Å²) in [6, 6.07) is 5.27. The minimum atomic E-state index is 0.314. The molecule has 2 rings (SSSR count). The highest BCUT2D eigenvalue weighted by atomic mass is 16.5. The highest BCUT2D eigenvalue weighted by Gasteiger charge is 2.05. The Morgan fingerprint density at radius 1 is 1.21 bits per heavy atom. The molecule has 6 heteroatoms. The van der Waals surface area contributed by atoms with Gasteiger partial charge in [0.2, 0.25) is 0 Å². The standard InChI is InChI=1S/C13H15N3O3/c1-17-5-6-18-12-7-11(9-16-13(12)14)19-10-3-2-4-15-8-10/h2-4,7-9H,5-6H2,1H3,(H2,14,16). The number of hydrogen-bond donors (Lipinski definition) is 1. The summed E-state index contributed by atoms with van der Waals surface area (Å²) in [6.07, 6.45) is 4.82. The minimum absolute atomic E-state index is 0.314. The van der Waals surface area contributed by atoms with Crippen molar-refractivity contribution in [1.29, 1.82) is 0 Å². The number of pyridine rings is 2. The van der Waals surface area contributed by atoms with Gasteiger partial charge in [0.05, 0.1) is 19.0 Å². The topological polar surface area (TPSA) is 79.5 Å². The quantitative estimate of drug-likeness (QED) is 0.800. The molecule has 2 N–H and O–H groups in total. The first-order valence-electron chi connectivity index (χ1n) is 5.74. The van der Waals surface area contributed by atoms with Crippen molar-refractivity contribution < 1.29 is 14.2 Å². The lowest BCUT2D eigenvalue weighted by atomic mass is 10.4. The van der Waals surface area contributed by atoms with Gasteiger partial charge in [0.15, 0.2) is 11.6 Å². The predicted molar refractivity (Wildman–Crippen MR) is 70.3 cm³/mol. The van der Waals surface area contributed by atoms with Crippen LogP contribution in [0.2, 0.25) is 0 Å². The Kier molecular flexibility index (Phi) is 4.52. The Hall–Kier alpha value is -2.34. The molecule has 0 bridgehead atoms. The van der Waals surface area contributed by atoms with Crippen molar-refractivity contribution in [2.24, 2.45) is 0 Å². The molecule has 0 atom stereocenters. The van der Waals surface area contributed by atoms with Gasteiger partial charge in [0, 0.05) is 19.4 Å². The van der Waals surface area contributed by atoms with Gasteiger partial charge in [-0.1, -0.05) is 0 Å². The fourth-order valence-electron chi connectivity index (χ4n) is 1.39. The highest BCUT2D eigenvalue weighted by Crippen LogP contribution is 2.27. The summed E-state index contributed by atoms with van der Waals surface area (Å²) >= 11 is 0. The van der Waals surface area contributed by atoms with Crippen LogP contribution < -0.4 is 15.2 Å². The second-order valence-electron chi connectivity index (χ2n) is 3.69. The molecule has 0 aliphatic heterocycles. The van der Waals surface area contributed by atoms with Crippen LogP contribution in [0.3, 0.4) is 0 Å². The lowest BCUT2D eigenvalue weighted by Crippen LogP contribution is -2.06. The third-order valence-electron chi connectivity index (χ3n) is 2.27. The molecule has 0 amide bonds. The van der Waals surface area contributed by atoms with Crippen LogP contribution in [0.5, 0.6) is 17.2 Å². The van der Waals surface area contributed by atoms with Crippen molar-refractivity contribution in [3.8, 4) is 17.2 Å². The van der Waals surface area contributed by atoms with E-state index >= 15 is 0 Å². The van der Waals surface area contributed by atoms with Gasteiger partial charge in [-0.2, -0.15) is 0 Å². The molecular weight excluding hydrogens is 246 g/mol. The molecule has 0 aliphatic rings. The smallest absolute Gasteiger partial charge is 0.166 e.